The van der Waals surface area contributed by atoms with Crippen molar-refractivity contribution in [2.45, 2.75) is 6.10 Å². The third kappa shape index (κ3) is 4.68. The summed E-state index contributed by atoms with van der Waals surface area (Å²) in [5.41, 5.74) is 3.05. The molecule has 30 heavy (non-hydrogen) atoms. The van der Waals surface area contributed by atoms with Gasteiger partial charge in [0.2, 0.25) is 0 Å². The molecule has 4 rings (SSSR count). The lowest BCUT2D eigenvalue weighted by atomic mass is 10.0. The lowest BCUT2D eigenvalue weighted by Crippen LogP contribution is -2.35. The van der Waals surface area contributed by atoms with Gasteiger partial charge in [-0.2, -0.15) is 10.4 Å². The van der Waals surface area contributed by atoms with E-state index in [-0.39, 0.29) is 24.2 Å². The molecule has 1 atom stereocenters. The Bertz CT molecular complexity index is 1030. The van der Waals surface area contributed by atoms with Crippen molar-refractivity contribution in [3.05, 3.63) is 47.9 Å². The zero-order valence-corrected chi connectivity index (χ0v) is 17.4. The lowest BCUT2D eigenvalue weighted by molar-refractivity contribution is -0.0209. The van der Waals surface area contributed by atoms with Gasteiger partial charge in [0.05, 0.1) is 37.9 Å². The number of ether oxygens (including phenoxy) is 2. The number of benzene rings is 1. The minimum absolute atomic E-state index is 0. The topological polar surface area (TPSA) is 112 Å². The van der Waals surface area contributed by atoms with E-state index in [0.29, 0.717) is 11.6 Å². The van der Waals surface area contributed by atoms with Crippen molar-refractivity contribution in [1.29, 1.82) is 5.26 Å². The SMILES string of the molecule is COc1cc([C@H]2CN(C)CCO2)ccc1-c1cc(Nc2cnc(C#N)cn2)n[nH]1.Cl. The van der Waals surface area contributed by atoms with Gasteiger partial charge in [0.1, 0.15) is 17.6 Å². The third-order valence-electron chi connectivity index (χ3n) is 4.76. The molecule has 0 aliphatic carbocycles. The number of hydrogen-bond donors (Lipinski definition) is 2. The maximum Gasteiger partial charge on any atom is 0.158 e. The van der Waals surface area contributed by atoms with Crippen molar-refractivity contribution < 1.29 is 9.47 Å². The quantitative estimate of drug-likeness (QED) is 0.639. The number of aromatic nitrogens is 4. The molecule has 0 unspecified atom stereocenters. The van der Waals surface area contributed by atoms with Crippen molar-refractivity contribution in [1.82, 2.24) is 25.1 Å². The Balaban J connectivity index is 0.00000256. The van der Waals surface area contributed by atoms with E-state index in [2.05, 4.69) is 43.5 Å². The van der Waals surface area contributed by atoms with Crippen LogP contribution in [0.4, 0.5) is 11.6 Å². The zero-order valence-electron chi connectivity index (χ0n) is 16.6. The number of nitrogens with one attached hydrogen (secondary N) is 2. The molecule has 0 amide bonds. The molecule has 1 aromatic carbocycles. The largest absolute Gasteiger partial charge is 0.496 e. The van der Waals surface area contributed by atoms with Crippen LogP contribution in [-0.4, -0.2) is 58.9 Å². The highest BCUT2D eigenvalue weighted by atomic mass is 35.5. The number of methoxy groups -OCH3 is 1. The molecule has 0 spiro atoms. The van der Waals surface area contributed by atoms with Gasteiger partial charge in [-0.15, -0.1) is 12.4 Å². The summed E-state index contributed by atoms with van der Waals surface area (Å²) in [4.78, 5) is 10.4. The molecule has 2 N–H and O–H groups in total. The predicted molar refractivity (Wildman–Crippen MR) is 114 cm³/mol. The standard InChI is InChI=1S/C20H21N7O2.ClH/c1-27-5-6-29-18(12-27)13-3-4-15(17(7-13)28-2)16-8-19(26-25-16)24-20-11-22-14(9-21)10-23-20;/h3-4,7-8,10-11,18H,5-6,12H2,1-2H3,(H2,23,24,25,26);1H/t18-;/m1./s1. The Labute approximate surface area is 180 Å². The van der Waals surface area contributed by atoms with Crippen LogP contribution in [0.25, 0.3) is 11.3 Å². The summed E-state index contributed by atoms with van der Waals surface area (Å²) in [5.74, 6) is 1.83. The van der Waals surface area contributed by atoms with Gasteiger partial charge in [-0.25, -0.2) is 9.97 Å². The van der Waals surface area contributed by atoms with Crippen molar-refractivity contribution in [2.24, 2.45) is 0 Å². The molecule has 2 aromatic heterocycles. The first kappa shape index (κ1) is 21.5. The van der Waals surface area contributed by atoms with Crippen LogP contribution in [0.1, 0.15) is 17.4 Å². The molecular weight excluding hydrogens is 406 g/mol. The number of likely N-dealkylation sites (N-methyl/N-ethyl adjacent to an activating group) is 1. The Morgan fingerprint density at radius 2 is 2.13 bits per heavy atom. The van der Waals surface area contributed by atoms with Crippen LogP contribution < -0.4 is 10.1 Å². The second kappa shape index (κ2) is 9.54. The summed E-state index contributed by atoms with van der Waals surface area (Å²) in [6.45, 7) is 2.52. The monoisotopic (exact) mass is 427 g/mol. The average molecular weight is 428 g/mol. The third-order valence-corrected chi connectivity index (χ3v) is 4.76. The van der Waals surface area contributed by atoms with E-state index in [0.717, 1.165) is 42.3 Å². The van der Waals surface area contributed by atoms with Gasteiger partial charge in [0.15, 0.2) is 11.5 Å². The number of morpholine rings is 1. The summed E-state index contributed by atoms with van der Waals surface area (Å²) in [6.07, 6.45) is 2.93. The van der Waals surface area contributed by atoms with Crippen LogP contribution in [0.15, 0.2) is 36.7 Å². The number of anilines is 2. The summed E-state index contributed by atoms with van der Waals surface area (Å²) in [5, 5.41) is 19.1. The highest BCUT2D eigenvalue weighted by Gasteiger charge is 2.21. The molecular formula is C20H22ClN7O2. The zero-order chi connectivity index (χ0) is 20.2. The van der Waals surface area contributed by atoms with E-state index in [1.165, 1.54) is 12.4 Å². The molecule has 156 valence electrons. The molecule has 0 saturated carbocycles. The van der Waals surface area contributed by atoms with Crippen LogP contribution in [0, 0.1) is 11.3 Å². The van der Waals surface area contributed by atoms with Gasteiger partial charge in [0.25, 0.3) is 0 Å². The second-order valence-corrected chi connectivity index (χ2v) is 6.77. The fourth-order valence-electron chi connectivity index (χ4n) is 3.22. The normalized spacial score (nSPS) is 16.4. The summed E-state index contributed by atoms with van der Waals surface area (Å²) < 4.78 is 11.5. The van der Waals surface area contributed by atoms with Gasteiger partial charge in [0, 0.05) is 24.7 Å². The second-order valence-electron chi connectivity index (χ2n) is 6.77. The van der Waals surface area contributed by atoms with Crippen LogP contribution in [0.5, 0.6) is 5.75 Å². The van der Waals surface area contributed by atoms with E-state index >= 15 is 0 Å². The first-order chi connectivity index (χ1) is 14.2. The number of halogens is 1. The Morgan fingerprint density at radius 1 is 1.27 bits per heavy atom. The fraction of sp³-hybridized carbons (Fsp3) is 0.300. The van der Waals surface area contributed by atoms with Crippen molar-refractivity contribution in [3.63, 3.8) is 0 Å². The molecule has 3 aromatic rings. The molecule has 1 aliphatic heterocycles. The summed E-state index contributed by atoms with van der Waals surface area (Å²) >= 11 is 0. The summed E-state index contributed by atoms with van der Waals surface area (Å²) in [6, 6.07) is 9.88. The van der Waals surface area contributed by atoms with Crippen LogP contribution in [-0.2, 0) is 4.74 Å². The number of H-pyrrole nitrogens is 1. The van der Waals surface area contributed by atoms with Crippen molar-refractivity contribution in [2.75, 3.05) is 39.2 Å². The van der Waals surface area contributed by atoms with Gasteiger partial charge >= 0.3 is 0 Å². The predicted octanol–water partition coefficient (Wildman–Crippen LogP) is 2.92. The Morgan fingerprint density at radius 3 is 2.83 bits per heavy atom. The molecule has 0 radical (unpaired) electrons. The minimum atomic E-state index is 0. The maximum atomic E-state index is 8.80. The van der Waals surface area contributed by atoms with Crippen LogP contribution >= 0.6 is 12.4 Å². The van der Waals surface area contributed by atoms with Gasteiger partial charge in [-0.3, -0.25) is 5.10 Å². The maximum absolute atomic E-state index is 8.80. The number of nitriles is 1. The van der Waals surface area contributed by atoms with Crippen LogP contribution in [0.3, 0.4) is 0 Å². The van der Waals surface area contributed by atoms with E-state index in [1.807, 2.05) is 24.3 Å². The smallest absolute Gasteiger partial charge is 0.158 e. The highest BCUT2D eigenvalue weighted by Crippen LogP contribution is 2.34. The highest BCUT2D eigenvalue weighted by molar-refractivity contribution is 5.85. The molecule has 0 bridgehead atoms. The van der Waals surface area contributed by atoms with E-state index in [1.54, 1.807) is 7.11 Å². The Kier molecular flexibility index (Phi) is 6.84. The first-order valence-electron chi connectivity index (χ1n) is 9.19. The number of aromatic amines is 1. The molecule has 10 heteroatoms. The van der Waals surface area contributed by atoms with E-state index < -0.39 is 0 Å². The van der Waals surface area contributed by atoms with E-state index in [4.69, 9.17) is 14.7 Å². The van der Waals surface area contributed by atoms with Crippen molar-refractivity contribution >= 4 is 24.0 Å². The fourth-order valence-corrected chi connectivity index (χ4v) is 3.22. The van der Waals surface area contributed by atoms with E-state index in [9.17, 15) is 0 Å². The van der Waals surface area contributed by atoms with Gasteiger partial charge < -0.3 is 19.7 Å². The van der Waals surface area contributed by atoms with Gasteiger partial charge in [-0.1, -0.05) is 6.07 Å². The number of rotatable bonds is 5. The average Bonchev–Trinajstić information content (AvgIpc) is 3.22. The number of nitrogens with zero attached hydrogens (tertiary/aromatic N) is 5. The Hall–Kier alpha value is -3.19. The van der Waals surface area contributed by atoms with Gasteiger partial charge in [-0.05, 0) is 24.7 Å². The molecule has 1 fully saturated rings. The first-order valence-corrected chi connectivity index (χ1v) is 9.19. The lowest BCUT2D eigenvalue weighted by Gasteiger charge is -2.30. The van der Waals surface area contributed by atoms with Crippen LogP contribution in [0.2, 0.25) is 0 Å². The number of hydrogen-bond acceptors (Lipinski definition) is 8. The molecule has 9 nitrogen and oxygen atoms in total. The molecule has 1 saturated heterocycles. The van der Waals surface area contributed by atoms with Crippen molar-refractivity contribution in [3.8, 4) is 23.1 Å². The molecule has 1 aliphatic rings. The molecule has 3 heterocycles. The minimum Gasteiger partial charge on any atom is -0.496 e. The summed E-state index contributed by atoms with van der Waals surface area (Å²) in [7, 11) is 3.75.